The van der Waals surface area contributed by atoms with E-state index in [0.29, 0.717) is 11.8 Å². The molecule has 1 aromatic carbocycles. The summed E-state index contributed by atoms with van der Waals surface area (Å²) in [7, 11) is 0. The first-order valence-corrected chi connectivity index (χ1v) is 12.2. The van der Waals surface area contributed by atoms with Gasteiger partial charge in [0.25, 0.3) is 0 Å². The van der Waals surface area contributed by atoms with Gasteiger partial charge in [0.05, 0.1) is 6.10 Å². The number of hydrogen-bond donors (Lipinski definition) is 1. The van der Waals surface area contributed by atoms with E-state index in [1.165, 1.54) is 31.2 Å². The third-order valence-electron chi connectivity index (χ3n) is 7.37. The minimum atomic E-state index is -0.343. The van der Waals surface area contributed by atoms with E-state index in [1.54, 1.807) is 0 Å². The van der Waals surface area contributed by atoms with Gasteiger partial charge in [0.15, 0.2) is 0 Å². The van der Waals surface area contributed by atoms with Crippen LogP contribution in [0, 0.1) is 18.3 Å². The molecule has 4 heteroatoms. The van der Waals surface area contributed by atoms with E-state index < -0.39 is 0 Å². The Morgan fingerprint density at radius 1 is 1.10 bits per heavy atom. The van der Waals surface area contributed by atoms with E-state index >= 15 is 0 Å². The van der Waals surface area contributed by atoms with Crippen molar-refractivity contribution in [2.24, 2.45) is 11.3 Å². The summed E-state index contributed by atoms with van der Waals surface area (Å²) in [6, 6.07) is 8.69. The maximum atomic E-state index is 11.0. The van der Waals surface area contributed by atoms with Crippen LogP contribution in [0.4, 0.5) is 0 Å². The smallest absolute Gasteiger partial charge is 0.0846 e. The van der Waals surface area contributed by atoms with Crippen LogP contribution in [0.5, 0.6) is 0 Å². The summed E-state index contributed by atoms with van der Waals surface area (Å²) in [6.45, 7) is 6.16. The van der Waals surface area contributed by atoms with Crippen LogP contribution in [0.15, 0.2) is 24.3 Å². The van der Waals surface area contributed by atoms with Gasteiger partial charge in [0.2, 0.25) is 0 Å². The van der Waals surface area contributed by atoms with Crippen molar-refractivity contribution in [2.75, 3.05) is 0 Å². The number of unbranched alkanes of at least 4 members (excludes halogenated alkanes) is 3. The zero-order chi connectivity index (χ0) is 20.1. The Kier molecular flexibility index (Phi) is 11.0. The number of alkyl halides is 2. The molecule has 0 bridgehead atoms. The van der Waals surface area contributed by atoms with Gasteiger partial charge in [-0.25, -0.2) is 0 Å². The summed E-state index contributed by atoms with van der Waals surface area (Å²) < 4.78 is 0. The maximum absolute atomic E-state index is 11.0. The van der Waals surface area contributed by atoms with Crippen LogP contribution in [0.2, 0.25) is 0 Å². The number of benzene rings is 1. The minimum absolute atomic E-state index is 0. The zero-order valence-electron chi connectivity index (χ0n) is 18.0. The van der Waals surface area contributed by atoms with Gasteiger partial charge in [0, 0.05) is 54.8 Å². The molecule has 1 radical (unpaired) electrons. The molecule has 5 unspecified atom stereocenters. The molecule has 0 amide bonds. The van der Waals surface area contributed by atoms with Crippen molar-refractivity contribution in [3.05, 3.63) is 42.3 Å². The van der Waals surface area contributed by atoms with Crippen molar-refractivity contribution in [1.29, 1.82) is 0 Å². The van der Waals surface area contributed by atoms with Crippen molar-refractivity contribution in [2.45, 2.75) is 100 Å². The molecule has 1 N–H and O–H groups in total. The van der Waals surface area contributed by atoms with Gasteiger partial charge in [-0.05, 0) is 49.1 Å². The summed E-state index contributed by atoms with van der Waals surface area (Å²) in [5, 5.41) is 11.3. The van der Waals surface area contributed by atoms with Crippen LogP contribution >= 0.6 is 23.2 Å². The molecule has 0 heterocycles. The van der Waals surface area contributed by atoms with E-state index in [2.05, 4.69) is 38.1 Å². The summed E-state index contributed by atoms with van der Waals surface area (Å²) in [5.74, 6) is 0.770. The van der Waals surface area contributed by atoms with Gasteiger partial charge >= 0.3 is 0 Å². The minimum Gasteiger partial charge on any atom is -0.388 e. The molecule has 1 aromatic rings. The summed E-state index contributed by atoms with van der Waals surface area (Å²) in [6.07, 6.45) is 12.1. The third-order valence-corrected chi connectivity index (χ3v) is 8.32. The van der Waals surface area contributed by atoms with Gasteiger partial charge in [-0.1, -0.05) is 63.3 Å². The molecule has 2 aliphatic carbocycles. The van der Waals surface area contributed by atoms with Gasteiger partial charge in [-0.3, -0.25) is 0 Å². The molecule has 0 aromatic heterocycles. The second kappa shape index (κ2) is 12.2. The topological polar surface area (TPSA) is 20.2 Å². The molecule has 0 saturated heterocycles. The fourth-order valence-corrected chi connectivity index (χ4v) is 6.71. The Balaban J connectivity index is 0.00000300. The standard InChI is InChI=1S/C25H37Cl2O.Y/c1-3-5-6-7-9-20-21(26)17-22(27)23(20)18-10-12-19(13-11-18)24(28)25(14-4-2)15-8-16-25;/h10-13,20-24,28H,1,3-9,14-17H2,2H3;/q-1;. The van der Waals surface area contributed by atoms with Crippen LogP contribution in [-0.2, 0) is 32.7 Å². The van der Waals surface area contributed by atoms with Crippen LogP contribution < -0.4 is 0 Å². The fraction of sp³-hybridized carbons (Fsp3) is 0.720. The predicted octanol–water partition coefficient (Wildman–Crippen LogP) is 7.79. The normalized spacial score (nSPS) is 29.1. The number of hydrogen-bond acceptors (Lipinski definition) is 1. The maximum Gasteiger partial charge on any atom is 0.0846 e. The molecular weight excluding hydrogens is 476 g/mol. The van der Waals surface area contributed by atoms with Gasteiger partial charge in [0.1, 0.15) is 0 Å². The Morgan fingerprint density at radius 3 is 2.34 bits per heavy atom. The first kappa shape index (κ1) is 26.1. The fourth-order valence-electron chi connectivity index (χ4n) is 5.62. The zero-order valence-corrected chi connectivity index (χ0v) is 22.3. The molecular formula is C25H37Cl2OY-. The van der Waals surface area contributed by atoms with Crippen LogP contribution in [0.25, 0.3) is 0 Å². The van der Waals surface area contributed by atoms with E-state index in [-0.39, 0.29) is 55.0 Å². The van der Waals surface area contributed by atoms with E-state index in [0.717, 1.165) is 50.5 Å². The van der Waals surface area contributed by atoms with E-state index in [4.69, 9.17) is 23.2 Å². The summed E-state index contributed by atoms with van der Waals surface area (Å²) in [5.41, 5.74) is 2.46. The quantitative estimate of drug-likeness (QED) is 0.192. The summed E-state index contributed by atoms with van der Waals surface area (Å²) in [4.78, 5) is 0. The monoisotopic (exact) mass is 512 g/mol. The van der Waals surface area contributed by atoms with Crippen molar-refractivity contribution >= 4 is 23.2 Å². The Bertz CT molecular complexity index is 601. The molecule has 161 valence electrons. The van der Waals surface area contributed by atoms with E-state index in [1.807, 2.05) is 0 Å². The number of rotatable bonds is 10. The van der Waals surface area contributed by atoms with Crippen molar-refractivity contribution in [3.63, 3.8) is 0 Å². The molecule has 3 rings (SSSR count). The first-order valence-electron chi connectivity index (χ1n) is 11.4. The number of aliphatic hydroxyl groups is 1. The van der Waals surface area contributed by atoms with Crippen molar-refractivity contribution in [3.8, 4) is 0 Å². The number of aliphatic hydroxyl groups excluding tert-OH is 1. The molecule has 2 saturated carbocycles. The Morgan fingerprint density at radius 2 is 1.79 bits per heavy atom. The second-order valence-corrected chi connectivity index (χ2v) is 10.3. The largest absolute Gasteiger partial charge is 0.388 e. The van der Waals surface area contributed by atoms with Crippen LogP contribution in [-0.4, -0.2) is 15.9 Å². The number of halogens is 2. The van der Waals surface area contributed by atoms with Crippen LogP contribution in [0.3, 0.4) is 0 Å². The van der Waals surface area contributed by atoms with Gasteiger partial charge in [-0.2, -0.15) is 6.42 Å². The molecule has 2 aliphatic rings. The van der Waals surface area contributed by atoms with Gasteiger partial charge < -0.3 is 12.0 Å². The average Bonchev–Trinajstić information content (AvgIpc) is 2.94. The van der Waals surface area contributed by atoms with Crippen molar-refractivity contribution in [1.82, 2.24) is 0 Å². The molecule has 5 atom stereocenters. The van der Waals surface area contributed by atoms with Crippen LogP contribution in [0.1, 0.15) is 101 Å². The van der Waals surface area contributed by atoms with Gasteiger partial charge in [-0.15, -0.1) is 23.2 Å². The second-order valence-electron chi connectivity index (χ2n) is 9.20. The first-order chi connectivity index (χ1) is 13.5. The molecule has 0 spiro atoms. The molecule has 29 heavy (non-hydrogen) atoms. The SMILES string of the molecule is [CH2-]CCCCCC1C(Cl)CC(Cl)C1c1ccc(C(O)C2(CCC)CCC2)cc1.[Y]. The average molecular weight is 513 g/mol. The third kappa shape index (κ3) is 6.01. The molecule has 2 fully saturated rings. The predicted molar refractivity (Wildman–Crippen MR) is 121 cm³/mol. The Labute approximate surface area is 213 Å². The van der Waals surface area contributed by atoms with E-state index in [9.17, 15) is 5.11 Å². The molecule has 0 aliphatic heterocycles. The Hall–Kier alpha value is 0.864. The summed E-state index contributed by atoms with van der Waals surface area (Å²) >= 11 is 13.4. The van der Waals surface area contributed by atoms with Crippen molar-refractivity contribution < 1.29 is 37.8 Å². The molecule has 1 nitrogen and oxygen atoms in total.